The maximum atomic E-state index is 11.5. The highest BCUT2D eigenvalue weighted by molar-refractivity contribution is 7.89. The van der Waals surface area contributed by atoms with Gasteiger partial charge in [0.2, 0.25) is 0 Å². The highest BCUT2D eigenvalue weighted by Crippen LogP contribution is 2.26. The third-order valence-corrected chi connectivity index (χ3v) is 5.06. The van der Waals surface area contributed by atoms with E-state index in [2.05, 4.69) is 15.0 Å². The predicted molar refractivity (Wildman–Crippen MR) is 104 cm³/mol. The van der Waals surface area contributed by atoms with E-state index < -0.39 is 9.84 Å². The molecule has 0 radical (unpaired) electrons. The SMILES string of the molecule is Cc1cc(-c2cnc(-c3ccco3)nc2)nc2ccc(CS(C)(=O)=O)cc12. The van der Waals surface area contributed by atoms with Crippen molar-refractivity contribution in [1.29, 1.82) is 0 Å². The third-order valence-electron chi connectivity index (χ3n) is 4.20. The van der Waals surface area contributed by atoms with Crippen LogP contribution in [0.15, 0.2) is 59.5 Å². The lowest BCUT2D eigenvalue weighted by Gasteiger charge is -2.08. The first-order valence-electron chi connectivity index (χ1n) is 8.33. The molecule has 0 fully saturated rings. The summed E-state index contributed by atoms with van der Waals surface area (Å²) < 4.78 is 28.4. The second kappa shape index (κ2) is 6.59. The first-order valence-corrected chi connectivity index (χ1v) is 10.4. The number of hydrogen-bond acceptors (Lipinski definition) is 6. The molecule has 0 aliphatic heterocycles. The summed E-state index contributed by atoms with van der Waals surface area (Å²) >= 11 is 0. The van der Waals surface area contributed by atoms with Gasteiger partial charge in [-0.3, -0.25) is 0 Å². The van der Waals surface area contributed by atoms with E-state index in [1.165, 1.54) is 6.26 Å². The molecule has 6 nitrogen and oxygen atoms in total. The summed E-state index contributed by atoms with van der Waals surface area (Å²) in [6.07, 6.45) is 6.25. The summed E-state index contributed by atoms with van der Waals surface area (Å²) in [5.41, 5.74) is 4.14. The van der Waals surface area contributed by atoms with Crippen LogP contribution in [0.1, 0.15) is 11.1 Å². The van der Waals surface area contributed by atoms with Crippen molar-refractivity contribution >= 4 is 20.7 Å². The van der Waals surface area contributed by atoms with Crippen LogP contribution in [-0.4, -0.2) is 29.6 Å². The number of fused-ring (bicyclic) bond motifs is 1. The van der Waals surface area contributed by atoms with E-state index in [4.69, 9.17) is 4.42 Å². The number of furan rings is 1. The second-order valence-electron chi connectivity index (χ2n) is 6.52. The van der Waals surface area contributed by atoms with Crippen LogP contribution in [0.2, 0.25) is 0 Å². The highest BCUT2D eigenvalue weighted by Gasteiger charge is 2.10. The van der Waals surface area contributed by atoms with E-state index in [1.807, 2.05) is 31.2 Å². The molecular weight excluding hydrogens is 362 g/mol. The Labute approximate surface area is 156 Å². The number of sulfone groups is 1. The third kappa shape index (κ3) is 3.73. The Morgan fingerprint density at radius 3 is 2.52 bits per heavy atom. The molecule has 136 valence electrons. The van der Waals surface area contributed by atoms with Gasteiger partial charge in [-0.25, -0.2) is 23.4 Å². The summed E-state index contributed by atoms with van der Waals surface area (Å²) in [5, 5.41) is 0.938. The lowest BCUT2D eigenvalue weighted by atomic mass is 10.0. The maximum Gasteiger partial charge on any atom is 0.195 e. The molecule has 4 rings (SSSR count). The normalized spacial score (nSPS) is 11.8. The molecule has 0 aliphatic carbocycles. The molecule has 0 atom stereocenters. The lowest BCUT2D eigenvalue weighted by Crippen LogP contribution is -2.01. The van der Waals surface area contributed by atoms with Crippen molar-refractivity contribution in [2.24, 2.45) is 0 Å². The van der Waals surface area contributed by atoms with Gasteiger partial charge in [0.05, 0.1) is 23.2 Å². The summed E-state index contributed by atoms with van der Waals surface area (Å²) in [4.78, 5) is 13.4. The van der Waals surface area contributed by atoms with E-state index >= 15 is 0 Å². The van der Waals surface area contributed by atoms with Gasteiger partial charge >= 0.3 is 0 Å². The molecule has 0 spiro atoms. The first-order chi connectivity index (χ1) is 12.9. The van der Waals surface area contributed by atoms with Crippen LogP contribution in [0.5, 0.6) is 0 Å². The van der Waals surface area contributed by atoms with Crippen LogP contribution in [-0.2, 0) is 15.6 Å². The van der Waals surface area contributed by atoms with Gasteiger partial charge in [-0.05, 0) is 48.4 Å². The van der Waals surface area contributed by atoms with E-state index in [-0.39, 0.29) is 5.75 Å². The molecule has 0 N–H and O–H groups in total. The number of hydrogen-bond donors (Lipinski definition) is 0. The molecule has 0 aliphatic rings. The van der Waals surface area contributed by atoms with Crippen LogP contribution in [0.4, 0.5) is 0 Å². The van der Waals surface area contributed by atoms with Gasteiger partial charge in [0.1, 0.15) is 0 Å². The van der Waals surface area contributed by atoms with Gasteiger partial charge in [0, 0.05) is 29.6 Å². The van der Waals surface area contributed by atoms with Crippen LogP contribution in [0.25, 0.3) is 33.7 Å². The van der Waals surface area contributed by atoms with Crippen molar-refractivity contribution in [2.45, 2.75) is 12.7 Å². The molecular formula is C20H17N3O3S. The number of pyridine rings is 1. The lowest BCUT2D eigenvalue weighted by molar-refractivity contribution is 0.577. The van der Waals surface area contributed by atoms with Crippen molar-refractivity contribution in [3.05, 3.63) is 66.2 Å². The molecule has 0 saturated heterocycles. The summed E-state index contributed by atoms with van der Waals surface area (Å²) in [6.45, 7) is 1.98. The monoisotopic (exact) mass is 379 g/mol. The van der Waals surface area contributed by atoms with Crippen molar-refractivity contribution in [2.75, 3.05) is 6.26 Å². The topological polar surface area (TPSA) is 85.9 Å². The number of aromatic nitrogens is 3. The van der Waals surface area contributed by atoms with E-state index in [9.17, 15) is 8.42 Å². The fourth-order valence-corrected chi connectivity index (χ4v) is 3.76. The largest absolute Gasteiger partial charge is 0.461 e. The van der Waals surface area contributed by atoms with Crippen LogP contribution in [0.3, 0.4) is 0 Å². The molecule has 7 heteroatoms. The standard InChI is InChI=1S/C20H17N3O3S/c1-13-8-18(15-10-21-20(22-11-15)19-4-3-7-26-19)23-17-6-5-14(9-16(13)17)12-27(2,24)25/h3-11H,12H2,1-2H3. The molecule has 0 saturated carbocycles. The molecule has 1 aromatic carbocycles. The minimum absolute atomic E-state index is 0.0201. The summed E-state index contributed by atoms with van der Waals surface area (Å²) in [7, 11) is -3.08. The molecule has 3 heterocycles. The molecule has 0 unspecified atom stereocenters. The minimum atomic E-state index is -3.08. The van der Waals surface area contributed by atoms with Gasteiger partial charge < -0.3 is 4.42 Å². The second-order valence-corrected chi connectivity index (χ2v) is 8.66. The van der Waals surface area contributed by atoms with Gasteiger partial charge in [0.25, 0.3) is 0 Å². The number of benzene rings is 1. The van der Waals surface area contributed by atoms with Crippen LogP contribution >= 0.6 is 0 Å². The molecule has 0 amide bonds. The van der Waals surface area contributed by atoms with E-state index in [0.717, 1.165) is 33.3 Å². The Kier molecular flexibility index (Phi) is 4.24. The fourth-order valence-electron chi connectivity index (χ4n) is 2.98. The number of nitrogens with zero attached hydrogens (tertiary/aromatic N) is 3. The summed E-state index contributed by atoms with van der Waals surface area (Å²) in [5.74, 6) is 1.15. The molecule has 27 heavy (non-hydrogen) atoms. The Morgan fingerprint density at radius 2 is 1.85 bits per heavy atom. The van der Waals surface area contributed by atoms with Gasteiger partial charge in [-0.2, -0.15) is 0 Å². The zero-order chi connectivity index (χ0) is 19.0. The molecule has 4 aromatic rings. The molecule has 3 aromatic heterocycles. The predicted octanol–water partition coefficient (Wildman–Crippen LogP) is 3.80. The van der Waals surface area contributed by atoms with Crippen molar-refractivity contribution in [3.63, 3.8) is 0 Å². The van der Waals surface area contributed by atoms with Crippen LogP contribution in [0, 0.1) is 6.92 Å². The number of aryl methyl sites for hydroxylation is 1. The van der Waals surface area contributed by atoms with Crippen LogP contribution < -0.4 is 0 Å². The smallest absolute Gasteiger partial charge is 0.195 e. The summed E-state index contributed by atoms with van der Waals surface area (Å²) in [6, 6.07) is 11.1. The Bertz CT molecular complexity index is 1220. The maximum absolute atomic E-state index is 11.5. The Balaban J connectivity index is 1.71. The van der Waals surface area contributed by atoms with Gasteiger partial charge in [-0.15, -0.1) is 0 Å². The Hall–Kier alpha value is -3.06. The highest BCUT2D eigenvalue weighted by atomic mass is 32.2. The van der Waals surface area contributed by atoms with Crippen molar-refractivity contribution in [1.82, 2.24) is 15.0 Å². The zero-order valence-corrected chi connectivity index (χ0v) is 15.7. The van der Waals surface area contributed by atoms with Gasteiger partial charge in [0.15, 0.2) is 21.4 Å². The van der Waals surface area contributed by atoms with E-state index in [0.29, 0.717) is 11.6 Å². The minimum Gasteiger partial charge on any atom is -0.461 e. The average Bonchev–Trinajstić information content (AvgIpc) is 3.15. The van der Waals surface area contributed by atoms with Crippen molar-refractivity contribution in [3.8, 4) is 22.8 Å². The van der Waals surface area contributed by atoms with E-state index in [1.54, 1.807) is 30.8 Å². The fraction of sp³-hybridized carbons (Fsp3) is 0.150. The van der Waals surface area contributed by atoms with Crippen molar-refractivity contribution < 1.29 is 12.8 Å². The Morgan fingerprint density at radius 1 is 1.07 bits per heavy atom. The quantitative estimate of drug-likeness (QED) is 0.536. The number of rotatable bonds is 4. The first kappa shape index (κ1) is 17.4. The average molecular weight is 379 g/mol. The zero-order valence-electron chi connectivity index (χ0n) is 14.9. The van der Waals surface area contributed by atoms with Gasteiger partial charge in [-0.1, -0.05) is 6.07 Å². The molecule has 0 bridgehead atoms.